The van der Waals surface area contributed by atoms with Gasteiger partial charge in [0.25, 0.3) is 6.71 Å². The van der Waals surface area contributed by atoms with Crippen LogP contribution in [0.4, 0.5) is 17.1 Å². The molecule has 7 heteroatoms. The van der Waals surface area contributed by atoms with Crippen molar-refractivity contribution in [2.24, 2.45) is 0 Å². The van der Waals surface area contributed by atoms with E-state index in [1.54, 1.807) is 0 Å². The molecule has 0 saturated heterocycles. The van der Waals surface area contributed by atoms with Gasteiger partial charge in [-0.2, -0.15) is 0 Å². The minimum absolute atomic E-state index is 0.104. The highest BCUT2D eigenvalue weighted by Crippen LogP contribution is 2.46. The number of pyridine rings is 1. The molecule has 244 valence electrons. The molecule has 0 aliphatic carbocycles. The Kier molecular flexibility index (Phi) is 5.61. The number of aromatic nitrogens is 2. The van der Waals surface area contributed by atoms with Crippen LogP contribution in [-0.2, 0) is 0 Å². The summed E-state index contributed by atoms with van der Waals surface area (Å²) in [6, 6.07) is 53.6. The fraction of sp³-hybridized carbons (Fsp3) is 0.0217. The lowest BCUT2D eigenvalue weighted by Gasteiger charge is -2.41. The van der Waals surface area contributed by atoms with E-state index >= 15 is 0 Å². The maximum absolute atomic E-state index is 5.58. The second-order valence-electron chi connectivity index (χ2n) is 14.7. The van der Waals surface area contributed by atoms with Crippen LogP contribution < -0.4 is 37.7 Å². The van der Waals surface area contributed by atoms with Crippen molar-refractivity contribution in [3.05, 3.63) is 151 Å². The summed E-state index contributed by atoms with van der Waals surface area (Å²) < 4.78 is 2.67. The number of nitrogens with zero attached hydrogens (tertiary/aromatic N) is 3. The second-order valence-corrected chi connectivity index (χ2v) is 16.7. The van der Waals surface area contributed by atoms with Gasteiger partial charge in [0.15, 0.2) is 0 Å². The van der Waals surface area contributed by atoms with Crippen LogP contribution in [0.5, 0.6) is 0 Å². The van der Waals surface area contributed by atoms with Crippen LogP contribution in [0.2, 0.25) is 0 Å². The summed E-state index contributed by atoms with van der Waals surface area (Å²) in [4.78, 5) is 12.1. The Hall–Kier alpha value is -5.62. The molecular weight excluding hydrogens is 680 g/mol. The Balaban J connectivity index is 1.09. The van der Waals surface area contributed by atoms with E-state index in [9.17, 15) is 0 Å². The van der Waals surface area contributed by atoms with Gasteiger partial charge in [-0.05, 0) is 87.7 Å². The fourth-order valence-electron chi connectivity index (χ4n) is 9.92. The SMILES string of the molecule is Cc1c2c3c4c5c1Sc1nc6cc(N(c7ccccc7)c7ccccc7)ccc6cc1B5c1cccc5c6cccc(c6n-4c15)B3c1ccccc1S2. The molecule has 13 rings (SSSR count). The van der Waals surface area contributed by atoms with Gasteiger partial charge in [0.1, 0.15) is 0 Å². The molecule has 9 aromatic rings. The molecule has 3 nitrogen and oxygen atoms in total. The Morgan fingerprint density at radius 3 is 1.85 bits per heavy atom. The van der Waals surface area contributed by atoms with Gasteiger partial charge in [-0.3, -0.25) is 0 Å². The maximum atomic E-state index is 5.58. The summed E-state index contributed by atoms with van der Waals surface area (Å²) >= 11 is 3.85. The lowest BCUT2D eigenvalue weighted by molar-refractivity contribution is 1.11. The smallest absolute Gasteiger partial charge is 0.251 e. The van der Waals surface area contributed by atoms with E-state index in [1.807, 2.05) is 23.5 Å². The Bertz CT molecular complexity index is 3070. The molecule has 0 radical (unpaired) electrons. The highest BCUT2D eigenvalue weighted by Gasteiger charge is 2.48. The highest BCUT2D eigenvalue weighted by atomic mass is 32.2. The molecule has 4 aliphatic rings. The first-order valence-electron chi connectivity index (χ1n) is 18.3. The third-order valence-electron chi connectivity index (χ3n) is 12.0. The molecule has 7 aromatic carbocycles. The van der Waals surface area contributed by atoms with Gasteiger partial charge in [0.05, 0.1) is 10.5 Å². The van der Waals surface area contributed by atoms with Gasteiger partial charge in [-0.25, -0.2) is 4.98 Å². The summed E-state index contributed by atoms with van der Waals surface area (Å²) in [6.45, 7) is 2.68. The van der Waals surface area contributed by atoms with E-state index in [2.05, 4.69) is 162 Å². The van der Waals surface area contributed by atoms with E-state index in [0.29, 0.717) is 0 Å². The van der Waals surface area contributed by atoms with Crippen LogP contribution in [0.25, 0.3) is 38.4 Å². The topological polar surface area (TPSA) is 21.1 Å². The zero-order chi connectivity index (χ0) is 34.5. The zero-order valence-electron chi connectivity index (χ0n) is 28.7. The van der Waals surface area contributed by atoms with Crippen LogP contribution in [-0.4, -0.2) is 23.0 Å². The normalized spacial score (nSPS) is 13.9. The van der Waals surface area contributed by atoms with Gasteiger partial charge in [0, 0.05) is 59.2 Å². The number of benzene rings is 7. The van der Waals surface area contributed by atoms with Crippen LogP contribution in [0.1, 0.15) is 5.56 Å². The van der Waals surface area contributed by atoms with Crippen molar-refractivity contribution < 1.29 is 0 Å². The first kappa shape index (κ1) is 28.9. The summed E-state index contributed by atoms with van der Waals surface area (Å²) in [5.74, 6) is 0. The lowest BCUT2D eigenvalue weighted by atomic mass is 9.31. The van der Waals surface area contributed by atoms with Crippen molar-refractivity contribution in [3.63, 3.8) is 0 Å². The van der Waals surface area contributed by atoms with Gasteiger partial charge in [-0.15, -0.1) is 0 Å². The van der Waals surface area contributed by atoms with E-state index in [0.717, 1.165) is 27.6 Å². The van der Waals surface area contributed by atoms with Crippen molar-refractivity contribution >= 4 is 119 Å². The summed E-state index contributed by atoms with van der Waals surface area (Å²) in [5, 5.41) is 4.99. The van der Waals surface area contributed by atoms with Gasteiger partial charge in [0.2, 0.25) is 6.71 Å². The van der Waals surface area contributed by atoms with Crippen molar-refractivity contribution in [2.45, 2.75) is 26.6 Å². The number of rotatable bonds is 3. The minimum Gasteiger partial charge on any atom is -0.311 e. The third-order valence-corrected chi connectivity index (χ3v) is 14.6. The highest BCUT2D eigenvalue weighted by molar-refractivity contribution is 8.01. The predicted octanol–water partition coefficient (Wildman–Crippen LogP) is 7.70. The number of para-hydroxylation sites is 4. The van der Waals surface area contributed by atoms with Crippen molar-refractivity contribution in [1.29, 1.82) is 0 Å². The van der Waals surface area contributed by atoms with E-state index in [4.69, 9.17) is 4.98 Å². The number of hydrogen-bond acceptors (Lipinski definition) is 4. The molecule has 0 N–H and O–H groups in total. The van der Waals surface area contributed by atoms with Gasteiger partial charge in [-0.1, -0.05) is 132 Å². The van der Waals surface area contributed by atoms with Gasteiger partial charge >= 0.3 is 0 Å². The largest absolute Gasteiger partial charge is 0.311 e. The molecule has 4 aliphatic heterocycles. The predicted molar refractivity (Wildman–Crippen MR) is 226 cm³/mol. The summed E-state index contributed by atoms with van der Waals surface area (Å²) in [6.07, 6.45) is 0. The molecule has 6 heterocycles. The Morgan fingerprint density at radius 1 is 0.547 bits per heavy atom. The summed E-state index contributed by atoms with van der Waals surface area (Å²) in [7, 11) is 0. The van der Waals surface area contributed by atoms with Gasteiger partial charge < -0.3 is 9.47 Å². The minimum atomic E-state index is 0.104. The average Bonchev–Trinajstić information content (AvgIpc) is 3.55. The van der Waals surface area contributed by atoms with Crippen LogP contribution in [0.3, 0.4) is 0 Å². The van der Waals surface area contributed by atoms with Crippen LogP contribution in [0.15, 0.2) is 165 Å². The maximum Gasteiger partial charge on any atom is 0.251 e. The van der Waals surface area contributed by atoms with E-state index < -0.39 is 0 Å². The quantitative estimate of drug-likeness (QED) is 0.176. The summed E-state index contributed by atoms with van der Waals surface area (Å²) in [5.41, 5.74) is 18.4. The lowest BCUT2D eigenvalue weighted by Crippen LogP contribution is -2.66. The molecule has 0 saturated carbocycles. The number of hydrogen-bond donors (Lipinski definition) is 0. The molecule has 2 aromatic heterocycles. The molecule has 0 atom stereocenters. The zero-order valence-corrected chi connectivity index (χ0v) is 30.3. The molecule has 53 heavy (non-hydrogen) atoms. The molecule has 0 fully saturated rings. The molecule has 0 amide bonds. The van der Waals surface area contributed by atoms with Crippen LogP contribution in [0, 0.1) is 6.92 Å². The van der Waals surface area contributed by atoms with Crippen molar-refractivity contribution in [3.8, 4) is 5.69 Å². The molecular formula is C46H27B2N3S2. The number of fused-ring (bicyclic) bond motifs is 8. The molecule has 0 unspecified atom stereocenters. The first-order chi connectivity index (χ1) is 26.2. The standard InChI is InChI=1S/C46H27B2N3S2/c1-26-44-39-43-40-45(26)53-46-36(24-27-22-23-30(25-37(27)49-46)50(28-12-4-2-5-13-28)29-14-6-3-7-15-29)48(40)35-20-11-17-32-31-16-10-19-34(41(31)51(43)42(32)35)47(39)33-18-8-9-21-38(33)52-44/h2-25H,1H3. The third kappa shape index (κ3) is 3.64. The fourth-order valence-corrected chi connectivity index (χ4v) is 12.4. The monoisotopic (exact) mass is 707 g/mol. The molecule has 0 spiro atoms. The Morgan fingerprint density at radius 2 is 1.15 bits per heavy atom. The van der Waals surface area contributed by atoms with E-state index in [-0.39, 0.29) is 13.4 Å². The first-order valence-corrected chi connectivity index (χ1v) is 19.9. The van der Waals surface area contributed by atoms with E-state index in [1.165, 1.54) is 85.9 Å². The average molecular weight is 708 g/mol. The Labute approximate surface area is 315 Å². The van der Waals surface area contributed by atoms with Crippen molar-refractivity contribution in [1.82, 2.24) is 9.55 Å². The van der Waals surface area contributed by atoms with Crippen LogP contribution >= 0.6 is 23.5 Å². The molecule has 0 bridgehead atoms. The number of anilines is 3. The van der Waals surface area contributed by atoms with Crippen molar-refractivity contribution in [2.75, 3.05) is 4.90 Å². The second kappa shape index (κ2) is 10.3.